The summed E-state index contributed by atoms with van der Waals surface area (Å²) in [4.78, 5) is 19.0. The summed E-state index contributed by atoms with van der Waals surface area (Å²) in [5.41, 5.74) is 0.722. The fourth-order valence-electron chi connectivity index (χ4n) is 3.63. The fraction of sp³-hybridized carbons (Fsp3) is 0.667. The zero-order valence-corrected chi connectivity index (χ0v) is 15.9. The van der Waals surface area contributed by atoms with E-state index in [2.05, 4.69) is 26.9 Å². The number of carbonyl (C=O) groups is 1. The number of anilines is 1. The molecule has 0 unspecified atom stereocenters. The fourth-order valence-corrected chi connectivity index (χ4v) is 3.63. The quantitative estimate of drug-likeness (QED) is 0.733. The van der Waals surface area contributed by atoms with Crippen LogP contribution in [0, 0.1) is 0 Å². The normalized spacial score (nSPS) is 19.0. The smallest absolute Gasteiger partial charge is 0.223 e. The van der Waals surface area contributed by atoms with Gasteiger partial charge in [-0.1, -0.05) is 6.92 Å². The van der Waals surface area contributed by atoms with Crippen LogP contribution in [0.3, 0.4) is 0 Å². The van der Waals surface area contributed by atoms with E-state index in [-0.39, 0.29) is 5.91 Å². The van der Waals surface area contributed by atoms with Gasteiger partial charge < -0.3 is 19.4 Å². The lowest BCUT2D eigenvalue weighted by Gasteiger charge is -2.34. The van der Waals surface area contributed by atoms with Crippen molar-refractivity contribution in [2.24, 2.45) is 0 Å². The molecule has 27 heavy (non-hydrogen) atoms. The van der Waals surface area contributed by atoms with Gasteiger partial charge in [0.15, 0.2) is 11.5 Å². The molecule has 4 rings (SSSR count). The summed E-state index contributed by atoms with van der Waals surface area (Å²) in [5.74, 6) is 1.82. The first-order chi connectivity index (χ1) is 13.2. The molecule has 2 aliphatic heterocycles. The van der Waals surface area contributed by atoms with E-state index in [4.69, 9.17) is 9.84 Å². The number of hydrogen-bond donors (Lipinski definition) is 0. The summed E-state index contributed by atoms with van der Waals surface area (Å²) in [6.07, 6.45) is 0.958. The van der Waals surface area contributed by atoms with Crippen LogP contribution >= 0.6 is 0 Å². The number of aromatic nitrogens is 4. The van der Waals surface area contributed by atoms with Gasteiger partial charge in [0.2, 0.25) is 5.91 Å². The summed E-state index contributed by atoms with van der Waals surface area (Å²) >= 11 is 0. The minimum Gasteiger partial charge on any atom is -0.378 e. The second kappa shape index (κ2) is 8.18. The highest BCUT2D eigenvalue weighted by Gasteiger charge is 2.20. The zero-order valence-electron chi connectivity index (χ0n) is 15.9. The monoisotopic (exact) mass is 373 g/mol. The highest BCUT2D eigenvalue weighted by atomic mass is 16.5. The third-order valence-electron chi connectivity index (χ3n) is 5.38. The maximum absolute atomic E-state index is 12.4. The van der Waals surface area contributed by atoms with E-state index >= 15 is 0 Å². The molecule has 146 valence electrons. The van der Waals surface area contributed by atoms with E-state index in [1.807, 2.05) is 17.0 Å². The molecular formula is C18H27N7O2. The Morgan fingerprint density at radius 1 is 1.07 bits per heavy atom. The highest BCUT2D eigenvalue weighted by molar-refractivity contribution is 5.76. The molecule has 1 amide bonds. The number of morpholine rings is 1. The van der Waals surface area contributed by atoms with Gasteiger partial charge in [-0.2, -0.15) is 4.52 Å². The lowest BCUT2D eigenvalue weighted by atomic mass is 10.2. The number of aryl methyl sites for hydroxylation is 1. The Morgan fingerprint density at radius 2 is 1.85 bits per heavy atom. The van der Waals surface area contributed by atoms with Crippen LogP contribution in [-0.4, -0.2) is 94.5 Å². The van der Waals surface area contributed by atoms with E-state index < -0.39 is 0 Å². The Labute approximate surface area is 158 Å². The molecule has 0 N–H and O–H groups in total. The van der Waals surface area contributed by atoms with Crippen molar-refractivity contribution in [2.75, 3.05) is 63.9 Å². The Balaban J connectivity index is 1.43. The van der Waals surface area contributed by atoms with E-state index in [1.165, 1.54) is 0 Å². The zero-order chi connectivity index (χ0) is 18.6. The van der Waals surface area contributed by atoms with Gasteiger partial charge in [0.1, 0.15) is 5.82 Å². The number of ether oxygens (including phenoxy) is 1. The van der Waals surface area contributed by atoms with Gasteiger partial charge in [-0.25, -0.2) is 0 Å². The first-order valence-electron chi connectivity index (χ1n) is 9.79. The highest BCUT2D eigenvalue weighted by Crippen LogP contribution is 2.15. The van der Waals surface area contributed by atoms with E-state index in [0.717, 1.165) is 50.0 Å². The van der Waals surface area contributed by atoms with Gasteiger partial charge in [-0.3, -0.25) is 4.79 Å². The molecule has 9 heteroatoms. The van der Waals surface area contributed by atoms with Crippen LogP contribution < -0.4 is 4.90 Å². The molecule has 0 saturated carbocycles. The molecule has 0 bridgehead atoms. The van der Waals surface area contributed by atoms with Gasteiger partial charge in [0, 0.05) is 52.1 Å². The Bertz CT molecular complexity index is 779. The first kappa shape index (κ1) is 18.1. The van der Waals surface area contributed by atoms with Crippen LogP contribution in [0.15, 0.2) is 12.1 Å². The number of rotatable bonds is 5. The van der Waals surface area contributed by atoms with Crippen molar-refractivity contribution >= 4 is 17.4 Å². The van der Waals surface area contributed by atoms with E-state index in [0.29, 0.717) is 39.1 Å². The van der Waals surface area contributed by atoms with E-state index in [1.54, 1.807) is 4.52 Å². The van der Waals surface area contributed by atoms with Gasteiger partial charge >= 0.3 is 0 Å². The predicted octanol–water partition coefficient (Wildman–Crippen LogP) is 0.0576. The summed E-state index contributed by atoms with van der Waals surface area (Å²) in [5, 5.41) is 13.2. The Hall–Kier alpha value is -2.26. The van der Waals surface area contributed by atoms with Gasteiger partial charge in [-0.05, 0) is 18.7 Å². The number of nitrogens with zero attached hydrogens (tertiary/aromatic N) is 7. The maximum Gasteiger partial charge on any atom is 0.223 e. The Morgan fingerprint density at radius 3 is 2.59 bits per heavy atom. The Kier molecular flexibility index (Phi) is 5.49. The second-order valence-electron chi connectivity index (χ2n) is 6.99. The molecule has 2 aliphatic rings. The van der Waals surface area contributed by atoms with Crippen molar-refractivity contribution in [1.29, 1.82) is 0 Å². The topological polar surface area (TPSA) is 79.1 Å². The van der Waals surface area contributed by atoms with Crippen molar-refractivity contribution in [3.05, 3.63) is 18.0 Å². The van der Waals surface area contributed by atoms with E-state index in [9.17, 15) is 4.79 Å². The van der Waals surface area contributed by atoms with Crippen molar-refractivity contribution in [2.45, 2.75) is 19.8 Å². The summed E-state index contributed by atoms with van der Waals surface area (Å²) < 4.78 is 7.09. The standard InChI is InChI=1S/C18H27N7O2/c1-2-22-7-9-23(10-8-22)17-4-3-15-19-20-16(25(15)21-17)5-6-18(26)24-11-13-27-14-12-24/h3-4H,2,5-14H2,1H3. The van der Waals surface area contributed by atoms with Crippen LogP contribution in [-0.2, 0) is 16.0 Å². The molecule has 0 spiro atoms. The van der Waals surface area contributed by atoms with Crippen LogP contribution in [0.1, 0.15) is 19.2 Å². The molecule has 9 nitrogen and oxygen atoms in total. The van der Waals surface area contributed by atoms with Crippen molar-refractivity contribution in [3.63, 3.8) is 0 Å². The number of piperazine rings is 1. The maximum atomic E-state index is 12.4. The average molecular weight is 373 g/mol. The SMILES string of the molecule is CCN1CCN(c2ccc3nnc(CCC(=O)N4CCOCC4)n3n2)CC1. The minimum absolute atomic E-state index is 0.141. The van der Waals surface area contributed by atoms with Gasteiger partial charge in [0.25, 0.3) is 0 Å². The number of likely N-dealkylation sites (N-methyl/N-ethyl adjacent to an activating group) is 1. The largest absolute Gasteiger partial charge is 0.378 e. The lowest BCUT2D eigenvalue weighted by molar-refractivity contribution is -0.135. The number of amides is 1. The van der Waals surface area contributed by atoms with Crippen LogP contribution in [0.4, 0.5) is 5.82 Å². The molecule has 2 aromatic rings. The third-order valence-corrected chi connectivity index (χ3v) is 5.38. The lowest BCUT2D eigenvalue weighted by Crippen LogP contribution is -2.46. The number of hydrogen-bond acceptors (Lipinski definition) is 7. The van der Waals surface area contributed by atoms with Crippen LogP contribution in [0.25, 0.3) is 5.65 Å². The van der Waals surface area contributed by atoms with Crippen molar-refractivity contribution < 1.29 is 9.53 Å². The molecule has 0 aliphatic carbocycles. The minimum atomic E-state index is 0.141. The van der Waals surface area contributed by atoms with Gasteiger partial charge in [-0.15, -0.1) is 15.3 Å². The second-order valence-corrected chi connectivity index (χ2v) is 6.99. The third kappa shape index (κ3) is 4.03. The first-order valence-corrected chi connectivity index (χ1v) is 9.79. The predicted molar refractivity (Wildman–Crippen MR) is 101 cm³/mol. The molecule has 0 radical (unpaired) electrons. The summed E-state index contributed by atoms with van der Waals surface area (Å²) in [6.45, 7) is 9.93. The molecule has 0 aromatic carbocycles. The molecule has 4 heterocycles. The number of fused-ring (bicyclic) bond motifs is 1. The van der Waals surface area contributed by atoms with Crippen LogP contribution in [0.2, 0.25) is 0 Å². The summed E-state index contributed by atoms with van der Waals surface area (Å²) in [7, 11) is 0. The van der Waals surface area contributed by atoms with Crippen LogP contribution in [0.5, 0.6) is 0 Å². The average Bonchev–Trinajstić information content (AvgIpc) is 3.15. The molecule has 2 fully saturated rings. The molecule has 2 saturated heterocycles. The molecule has 2 aromatic heterocycles. The number of carbonyl (C=O) groups excluding carboxylic acids is 1. The molecular weight excluding hydrogens is 346 g/mol. The van der Waals surface area contributed by atoms with Crippen molar-refractivity contribution in [3.8, 4) is 0 Å². The summed E-state index contributed by atoms with van der Waals surface area (Å²) in [6, 6.07) is 3.96. The molecule has 0 atom stereocenters. The van der Waals surface area contributed by atoms with Crippen molar-refractivity contribution in [1.82, 2.24) is 29.6 Å². The van der Waals surface area contributed by atoms with Gasteiger partial charge in [0.05, 0.1) is 13.2 Å².